The molecule has 1 aromatic heterocycles. The van der Waals surface area contributed by atoms with E-state index >= 15 is 0 Å². The molecule has 3 nitrogen and oxygen atoms in total. The molecule has 2 aromatic carbocycles. The second-order valence-electron chi connectivity index (χ2n) is 4.60. The number of aromatic nitrogens is 1. The van der Waals surface area contributed by atoms with Crippen molar-refractivity contribution in [2.24, 2.45) is 0 Å². The number of H-pyrrole nitrogens is 1. The van der Waals surface area contributed by atoms with Gasteiger partial charge in [0.05, 0.1) is 11.6 Å². The smallest absolute Gasteiger partial charge is 0.135 e. The van der Waals surface area contributed by atoms with E-state index in [0.717, 1.165) is 28.0 Å². The lowest BCUT2D eigenvalue weighted by Crippen LogP contribution is -1.99. The lowest BCUT2D eigenvalue weighted by molar-refractivity contribution is 0.412. The summed E-state index contributed by atoms with van der Waals surface area (Å²) in [6.07, 6.45) is 1.96. The van der Waals surface area contributed by atoms with E-state index in [9.17, 15) is 0 Å². The van der Waals surface area contributed by atoms with Crippen molar-refractivity contribution in [2.45, 2.75) is 6.54 Å². The minimum Gasteiger partial charge on any atom is -0.495 e. The van der Waals surface area contributed by atoms with E-state index in [4.69, 9.17) is 4.74 Å². The van der Waals surface area contributed by atoms with E-state index in [1.54, 1.807) is 7.11 Å². The molecule has 0 atom stereocenters. The Morgan fingerprint density at radius 1 is 1.15 bits per heavy atom. The Morgan fingerprint density at radius 3 is 2.90 bits per heavy atom. The van der Waals surface area contributed by atoms with Gasteiger partial charge in [-0.3, -0.25) is 0 Å². The first-order valence-electron chi connectivity index (χ1n) is 6.40. The molecule has 0 aliphatic heterocycles. The number of methoxy groups -OCH3 is 1. The predicted molar refractivity (Wildman–Crippen MR) is 86.3 cm³/mol. The average molecular weight is 331 g/mol. The third kappa shape index (κ3) is 2.65. The van der Waals surface area contributed by atoms with E-state index in [2.05, 4.69) is 50.5 Å². The van der Waals surface area contributed by atoms with E-state index in [1.807, 2.05) is 24.4 Å². The molecule has 1 heterocycles. The van der Waals surface area contributed by atoms with Gasteiger partial charge in [-0.25, -0.2) is 0 Å². The summed E-state index contributed by atoms with van der Waals surface area (Å²) < 4.78 is 6.25. The van der Waals surface area contributed by atoms with Gasteiger partial charge in [-0.05, 0) is 51.1 Å². The van der Waals surface area contributed by atoms with Crippen LogP contribution in [-0.4, -0.2) is 12.1 Å². The lowest BCUT2D eigenvalue weighted by atomic mass is 10.1. The summed E-state index contributed by atoms with van der Waals surface area (Å²) in [5.41, 5.74) is 3.44. The molecule has 2 N–H and O–H groups in total. The monoisotopic (exact) mass is 330 g/mol. The Morgan fingerprint density at radius 2 is 2.05 bits per heavy atom. The third-order valence-electron chi connectivity index (χ3n) is 3.27. The van der Waals surface area contributed by atoms with Gasteiger partial charge in [-0.1, -0.05) is 12.1 Å². The Hall–Kier alpha value is -1.94. The standard InChI is InChI=1S/C16H15BrN2O/c1-20-16-9-13(4-5-14(16)17)19-10-11-2-3-12-6-7-18-15(12)8-11/h2-9,18-19H,10H2,1H3. The normalized spacial score (nSPS) is 10.7. The molecule has 0 spiro atoms. The fourth-order valence-electron chi connectivity index (χ4n) is 2.18. The highest BCUT2D eigenvalue weighted by Gasteiger charge is 2.02. The Kier molecular flexibility index (Phi) is 3.65. The van der Waals surface area contributed by atoms with Gasteiger partial charge in [0.1, 0.15) is 5.75 Å². The Balaban J connectivity index is 1.75. The SMILES string of the molecule is COc1cc(NCc2ccc3cc[nH]c3c2)ccc1Br. The van der Waals surface area contributed by atoms with Crippen LogP contribution in [0.4, 0.5) is 5.69 Å². The van der Waals surface area contributed by atoms with Gasteiger partial charge in [0.25, 0.3) is 0 Å². The minimum atomic E-state index is 0.778. The summed E-state index contributed by atoms with van der Waals surface area (Å²) in [4.78, 5) is 3.23. The number of hydrogen-bond acceptors (Lipinski definition) is 2. The van der Waals surface area contributed by atoms with Gasteiger partial charge in [0.15, 0.2) is 0 Å². The Labute approximate surface area is 126 Å². The van der Waals surface area contributed by atoms with E-state index in [1.165, 1.54) is 10.9 Å². The molecule has 3 rings (SSSR count). The van der Waals surface area contributed by atoms with Crippen LogP contribution in [-0.2, 0) is 6.54 Å². The first-order chi connectivity index (χ1) is 9.76. The van der Waals surface area contributed by atoms with Crippen LogP contribution in [0.15, 0.2) is 53.1 Å². The zero-order valence-corrected chi connectivity index (χ0v) is 12.7. The molecule has 0 fully saturated rings. The summed E-state index contributed by atoms with van der Waals surface area (Å²) in [5.74, 6) is 0.829. The highest BCUT2D eigenvalue weighted by molar-refractivity contribution is 9.10. The molecule has 3 aromatic rings. The fraction of sp³-hybridized carbons (Fsp3) is 0.125. The second kappa shape index (κ2) is 5.59. The van der Waals surface area contributed by atoms with E-state index < -0.39 is 0 Å². The molecule has 0 radical (unpaired) electrons. The van der Waals surface area contributed by atoms with Gasteiger partial charge < -0.3 is 15.0 Å². The highest BCUT2D eigenvalue weighted by atomic mass is 79.9. The number of fused-ring (bicyclic) bond motifs is 1. The van der Waals surface area contributed by atoms with Crippen molar-refractivity contribution in [3.63, 3.8) is 0 Å². The molecule has 20 heavy (non-hydrogen) atoms. The van der Waals surface area contributed by atoms with Crippen LogP contribution in [0.25, 0.3) is 10.9 Å². The van der Waals surface area contributed by atoms with Crippen molar-refractivity contribution in [1.82, 2.24) is 4.98 Å². The van der Waals surface area contributed by atoms with Gasteiger partial charge >= 0.3 is 0 Å². The zero-order valence-electron chi connectivity index (χ0n) is 11.1. The summed E-state index contributed by atoms with van der Waals surface area (Å²) in [6, 6.07) is 14.5. The Bertz CT molecular complexity index is 736. The van der Waals surface area contributed by atoms with Crippen LogP contribution < -0.4 is 10.1 Å². The highest BCUT2D eigenvalue weighted by Crippen LogP contribution is 2.28. The number of nitrogens with one attached hydrogen (secondary N) is 2. The zero-order chi connectivity index (χ0) is 13.9. The number of hydrogen-bond donors (Lipinski definition) is 2. The van der Waals surface area contributed by atoms with Crippen molar-refractivity contribution in [1.29, 1.82) is 0 Å². The summed E-state index contributed by atoms with van der Waals surface area (Å²) in [7, 11) is 1.67. The maximum absolute atomic E-state index is 5.29. The van der Waals surface area contributed by atoms with Crippen LogP contribution in [0.2, 0.25) is 0 Å². The minimum absolute atomic E-state index is 0.778. The number of aromatic amines is 1. The van der Waals surface area contributed by atoms with Gasteiger partial charge in [0, 0.05) is 30.0 Å². The van der Waals surface area contributed by atoms with Crippen molar-refractivity contribution >= 4 is 32.5 Å². The first-order valence-corrected chi connectivity index (χ1v) is 7.19. The largest absolute Gasteiger partial charge is 0.495 e. The predicted octanol–water partition coefficient (Wildman–Crippen LogP) is 4.55. The van der Waals surface area contributed by atoms with Gasteiger partial charge in [-0.15, -0.1) is 0 Å². The molecule has 0 aliphatic carbocycles. The molecular formula is C16H15BrN2O. The molecule has 0 aliphatic rings. The molecule has 0 saturated heterocycles. The van der Waals surface area contributed by atoms with Crippen molar-refractivity contribution in [3.05, 3.63) is 58.7 Å². The van der Waals surface area contributed by atoms with Gasteiger partial charge in [0.2, 0.25) is 0 Å². The summed E-state index contributed by atoms with van der Waals surface area (Å²) >= 11 is 3.45. The van der Waals surface area contributed by atoms with Crippen LogP contribution >= 0.6 is 15.9 Å². The fourth-order valence-corrected chi connectivity index (χ4v) is 2.59. The molecule has 0 saturated carbocycles. The topological polar surface area (TPSA) is 37.0 Å². The average Bonchev–Trinajstić information content (AvgIpc) is 2.94. The maximum atomic E-state index is 5.29. The number of rotatable bonds is 4. The molecule has 0 unspecified atom stereocenters. The van der Waals surface area contributed by atoms with Crippen LogP contribution in [0.5, 0.6) is 5.75 Å². The van der Waals surface area contributed by atoms with E-state index in [0.29, 0.717) is 0 Å². The van der Waals surface area contributed by atoms with Crippen LogP contribution in [0.3, 0.4) is 0 Å². The van der Waals surface area contributed by atoms with Gasteiger partial charge in [-0.2, -0.15) is 0 Å². The molecule has 0 amide bonds. The summed E-state index contributed by atoms with van der Waals surface area (Å²) in [5, 5.41) is 4.64. The lowest BCUT2D eigenvalue weighted by Gasteiger charge is -2.09. The quantitative estimate of drug-likeness (QED) is 0.736. The van der Waals surface area contributed by atoms with Crippen LogP contribution in [0, 0.1) is 0 Å². The molecule has 4 heteroatoms. The second-order valence-corrected chi connectivity index (χ2v) is 5.46. The van der Waals surface area contributed by atoms with Crippen molar-refractivity contribution < 1.29 is 4.74 Å². The van der Waals surface area contributed by atoms with E-state index in [-0.39, 0.29) is 0 Å². The molecule has 102 valence electrons. The summed E-state index contributed by atoms with van der Waals surface area (Å²) in [6.45, 7) is 0.778. The number of benzene rings is 2. The number of ether oxygens (including phenoxy) is 1. The molecular weight excluding hydrogens is 316 g/mol. The van der Waals surface area contributed by atoms with Crippen molar-refractivity contribution in [2.75, 3.05) is 12.4 Å². The number of halogens is 1. The van der Waals surface area contributed by atoms with Crippen molar-refractivity contribution in [3.8, 4) is 5.75 Å². The van der Waals surface area contributed by atoms with Crippen LogP contribution in [0.1, 0.15) is 5.56 Å². The third-order valence-corrected chi connectivity index (χ3v) is 3.92. The maximum Gasteiger partial charge on any atom is 0.135 e. The first kappa shape index (κ1) is 13.1. The number of anilines is 1. The molecule has 0 bridgehead atoms.